The number of rotatable bonds is 7. The smallest absolute Gasteiger partial charge is 0.223 e. The number of nitrogens with one attached hydrogen (secondary N) is 1. The summed E-state index contributed by atoms with van der Waals surface area (Å²) in [5.74, 6) is 1.40. The quantitative estimate of drug-likeness (QED) is 0.841. The molecule has 0 spiro atoms. The Morgan fingerprint density at radius 2 is 1.95 bits per heavy atom. The second-order valence-electron chi connectivity index (χ2n) is 4.99. The molecule has 4 nitrogen and oxygen atoms in total. The van der Waals surface area contributed by atoms with Gasteiger partial charge in [0, 0.05) is 25.9 Å². The second-order valence-corrected chi connectivity index (χ2v) is 4.99. The number of hydrogen-bond donors (Lipinski definition) is 1. The normalized spacial score (nSPS) is 12.6. The third-order valence-corrected chi connectivity index (χ3v) is 3.51. The molecule has 0 bridgehead atoms. The predicted molar refractivity (Wildman–Crippen MR) is 79.6 cm³/mol. The lowest BCUT2D eigenvalue weighted by molar-refractivity contribution is 0.386. The van der Waals surface area contributed by atoms with Crippen LogP contribution in [0, 0.1) is 6.92 Å². The molecule has 0 fully saturated rings. The third-order valence-electron chi connectivity index (χ3n) is 3.51. The molecule has 0 radical (unpaired) electrons. The van der Waals surface area contributed by atoms with Crippen LogP contribution < -0.4 is 5.32 Å². The Labute approximate surface area is 120 Å². The minimum Gasteiger partial charge on any atom is -0.340 e. The number of aryl methyl sites for hydroxylation is 2. The van der Waals surface area contributed by atoms with Crippen LogP contribution in [0.4, 0.5) is 0 Å². The van der Waals surface area contributed by atoms with E-state index in [1.54, 1.807) is 0 Å². The Morgan fingerprint density at radius 3 is 2.50 bits per heavy atom. The van der Waals surface area contributed by atoms with Gasteiger partial charge < -0.3 is 9.84 Å². The molecule has 4 heteroatoms. The van der Waals surface area contributed by atoms with Crippen LogP contribution in [-0.2, 0) is 12.8 Å². The Kier molecular flexibility index (Phi) is 5.30. The Bertz CT molecular complexity index is 519. The first-order valence-electron chi connectivity index (χ1n) is 7.34. The van der Waals surface area contributed by atoms with Gasteiger partial charge in [-0.15, -0.1) is 0 Å². The van der Waals surface area contributed by atoms with Crippen molar-refractivity contribution in [1.82, 2.24) is 15.5 Å². The van der Waals surface area contributed by atoms with Crippen LogP contribution in [0.25, 0.3) is 0 Å². The van der Waals surface area contributed by atoms with Gasteiger partial charge in [-0.05, 0) is 24.0 Å². The van der Waals surface area contributed by atoms with E-state index in [0.717, 1.165) is 31.6 Å². The van der Waals surface area contributed by atoms with Crippen LogP contribution >= 0.6 is 0 Å². The molecule has 1 aromatic carbocycles. The summed E-state index contributed by atoms with van der Waals surface area (Å²) >= 11 is 0. The van der Waals surface area contributed by atoms with Crippen molar-refractivity contribution in [2.75, 3.05) is 6.54 Å². The van der Waals surface area contributed by atoms with Gasteiger partial charge in [0.25, 0.3) is 0 Å². The van der Waals surface area contributed by atoms with Gasteiger partial charge in [0.2, 0.25) is 5.89 Å². The average Bonchev–Trinajstić information content (AvgIpc) is 2.89. The number of hydrogen-bond acceptors (Lipinski definition) is 4. The zero-order valence-corrected chi connectivity index (χ0v) is 12.5. The molecule has 0 saturated carbocycles. The number of benzene rings is 1. The summed E-state index contributed by atoms with van der Waals surface area (Å²) in [5, 5.41) is 7.47. The van der Waals surface area contributed by atoms with E-state index in [-0.39, 0.29) is 0 Å². The van der Waals surface area contributed by atoms with Gasteiger partial charge in [-0.3, -0.25) is 0 Å². The minimum absolute atomic E-state index is 0.383. The molecule has 1 atom stereocenters. The molecule has 0 aliphatic heterocycles. The van der Waals surface area contributed by atoms with Crippen LogP contribution in [-0.4, -0.2) is 16.7 Å². The lowest BCUT2D eigenvalue weighted by Crippen LogP contribution is -2.23. The summed E-state index contributed by atoms with van der Waals surface area (Å²) in [6.07, 6.45) is 2.94. The fraction of sp³-hybridized carbons (Fsp3) is 0.500. The van der Waals surface area contributed by atoms with Crippen LogP contribution in [0.3, 0.4) is 0 Å². The van der Waals surface area contributed by atoms with Gasteiger partial charge in [0.1, 0.15) is 0 Å². The maximum atomic E-state index is 4.97. The van der Waals surface area contributed by atoms with E-state index in [9.17, 15) is 0 Å². The Hall–Kier alpha value is -1.68. The first-order valence-corrected chi connectivity index (χ1v) is 7.34. The molecule has 1 heterocycles. The highest BCUT2D eigenvalue weighted by Gasteiger charge is 2.09. The van der Waals surface area contributed by atoms with E-state index >= 15 is 0 Å². The van der Waals surface area contributed by atoms with Crippen molar-refractivity contribution < 1.29 is 4.52 Å². The molecule has 0 aliphatic rings. The molecule has 1 N–H and O–H groups in total. The molecule has 0 saturated heterocycles. The fourth-order valence-corrected chi connectivity index (χ4v) is 2.28. The van der Waals surface area contributed by atoms with Gasteiger partial charge in [-0.25, -0.2) is 0 Å². The van der Waals surface area contributed by atoms with E-state index in [0.29, 0.717) is 11.9 Å². The molecule has 108 valence electrons. The first kappa shape index (κ1) is 14.7. The van der Waals surface area contributed by atoms with Crippen molar-refractivity contribution in [3.63, 3.8) is 0 Å². The summed E-state index contributed by atoms with van der Waals surface area (Å²) in [5.41, 5.74) is 2.72. The maximum absolute atomic E-state index is 4.97. The molecular formula is C16H23N3O. The second kappa shape index (κ2) is 7.20. The van der Waals surface area contributed by atoms with E-state index in [1.165, 1.54) is 11.1 Å². The molecule has 1 aromatic heterocycles. The summed E-state index contributed by atoms with van der Waals surface area (Å²) < 4.78 is 4.97. The lowest BCUT2D eigenvalue weighted by atomic mass is 10.0. The zero-order valence-electron chi connectivity index (χ0n) is 12.5. The van der Waals surface area contributed by atoms with Crippen molar-refractivity contribution in [3.8, 4) is 0 Å². The molecule has 1 unspecified atom stereocenters. The third kappa shape index (κ3) is 3.90. The van der Waals surface area contributed by atoms with E-state index in [4.69, 9.17) is 4.52 Å². The van der Waals surface area contributed by atoms with E-state index < -0.39 is 0 Å². The summed E-state index contributed by atoms with van der Waals surface area (Å²) in [7, 11) is 0. The van der Waals surface area contributed by atoms with E-state index in [2.05, 4.69) is 53.6 Å². The Morgan fingerprint density at radius 1 is 1.20 bits per heavy atom. The van der Waals surface area contributed by atoms with Crippen LogP contribution in [0.5, 0.6) is 0 Å². The SMILES string of the molecule is CCc1ccc(C(CC)NCCc2noc(C)n2)cc1. The molecule has 2 rings (SSSR count). The largest absolute Gasteiger partial charge is 0.340 e. The molecule has 0 amide bonds. The summed E-state index contributed by atoms with van der Waals surface area (Å²) in [4.78, 5) is 4.21. The van der Waals surface area contributed by atoms with Crippen molar-refractivity contribution >= 4 is 0 Å². The van der Waals surface area contributed by atoms with Crippen molar-refractivity contribution in [1.29, 1.82) is 0 Å². The lowest BCUT2D eigenvalue weighted by Gasteiger charge is -2.17. The maximum Gasteiger partial charge on any atom is 0.223 e. The predicted octanol–water partition coefficient (Wildman–Crippen LogP) is 3.22. The highest BCUT2D eigenvalue weighted by molar-refractivity contribution is 5.25. The molecule has 20 heavy (non-hydrogen) atoms. The van der Waals surface area contributed by atoms with Gasteiger partial charge >= 0.3 is 0 Å². The molecule has 2 aromatic rings. The van der Waals surface area contributed by atoms with Crippen LogP contribution in [0.15, 0.2) is 28.8 Å². The fourth-order valence-electron chi connectivity index (χ4n) is 2.28. The van der Waals surface area contributed by atoms with Crippen molar-refractivity contribution in [2.45, 2.75) is 46.1 Å². The first-order chi connectivity index (χ1) is 9.72. The van der Waals surface area contributed by atoms with Gasteiger partial charge in [0.15, 0.2) is 5.82 Å². The monoisotopic (exact) mass is 273 g/mol. The summed E-state index contributed by atoms with van der Waals surface area (Å²) in [6, 6.07) is 9.25. The van der Waals surface area contributed by atoms with Gasteiger partial charge in [-0.1, -0.05) is 43.3 Å². The number of aromatic nitrogens is 2. The van der Waals surface area contributed by atoms with E-state index in [1.807, 2.05) is 6.92 Å². The van der Waals surface area contributed by atoms with Crippen molar-refractivity contribution in [2.24, 2.45) is 0 Å². The zero-order chi connectivity index (χ0) is 14.4. The van der Waals surface area contributed by atoms with Crippen molar-refractivity contribution in [3.05, 3.63) is 47.1 Å². The average molecular weight is 273 g/mol. The highest BCUT2D eigenvalue weighted by Crippen LogP contribution is 2.17. The Balaban J connectivity index is 1.88. The highest BCUT2D eigenvalue weighted by atomic mass is 16.5. The number of nitrogens with zero attached hydrogens (tertiary/aromatic N) is 2. The topological polar surface area (TPSA) is 51.0 Å². The minimum atomic E-state index is 0.383. The van der Waals surface area contributed by atoms with Crippen LogP contribution in [0.1, 0.15) is 49.2 Å². The summed E-state index contributed by atoms with van der Waals surface area (Å²) in [6.45, 7) is 7.04. The van der Waals surface area contributed by atoms with Crippen LogP contribution in [0.2, 0.25) is 0 Å². The standard InChI is InChI=1S/C16H23N3O/c1-4-13-6-8-14(9-7-13)15(5-2)17-11-10-16-18-12(3)20-19-16/h6-9,15,17H,4-5,10-11H2,1-3H3. The molecular weight excluding hydrogens is 250 g/mol. The molecule has 0 aliphatic carbocycles. The van der Waals surface area contributed by atoms with Gasteiger partial charge in [0.05, 0.1) is 0 Å². The van der Waals surface area contributed by atoms with Gasteiger partial charge in [-0.2, -0.15) is 4.98 Å².